The second-order valence-electron chi connectivity index (χ2n) is 12.7. The maximum absolute atomic E-state index is 15.1. The van der Waals surface area contributed by atoms with E-state index in [0.29, 0.717) is 47.8 Å². The van der Waals surface area contributed by atoms with Crippen LogP contribution in [0, 0.1) is 11.6 Å². The third kappa shape index (κ3) is 4.55. The van der Waals surface area contributed by atoms with Gasteiger partial charge in [0.05, 0.1) is 5.69 Å². The van der Waals surface area contributed by atoms with Crippen LogP contribution in [0.25, 0.3) is 10.8 Å². The minimum atomic E-state index is -1.06. The number of anilines is 2. The molecule has 0 saturated carbocycles. The molecular weight excluding hydrogens is 577 g/mol. The van der Waals surface area contributed by atoms with Gasteiger partial charge in [0.15, 0.2) is 16.8 Å². The number of phenols is 1. The van der Waals surface area contributed by atoms with Crippen molar-refractivity contribution in [2.24, 2.45) is 0 Å². The monoisotopic (exact) mass is 610 g/mol. The fraction of sp³-hybridized carbons (Fsp3) is 0.516. The number of aromatic nitrogens is 2. The highest BCUT2D eigenvalue weighted by Crippen LogP contribution is 2.44. The standard InChI is InChI=1S/C31H33F3N6O2S/c32-18-12-31(7-1-8-39(31)13-18)16-43-30-36-27-22(28(37-30)38-14-19-3-4-20(15-38)35-19)6-9-40(29(27)42)24-11-21(41)10-17-2-5-23(33)26(34)25(17)24/h2,5,10-11,18-20,35,41H,1,3-4,6-9,12-16H2/t18-,19-,20+,31+/m1/s1. The van der Waals surface area contributed by atoms with Crippen LogP contribution in [0.4, 0.5) is 24.7 Å². The number of rotatable bonds is 5. The fourth-order valence-corrected chi connectivity index (χ4v) is 9.21. The van der Waals surface area contributed by atoms with E-state index in [9.17, 15) is 18.7 Å². The number of piperazine rings is 1. The molecule has 226 valence electrons. The fourth-order valence-electron chi connectivity index (χ4n) is 8.06. The Balaban J connectivity index is 1.19. The number of carbonyl (C=O) groups is 1. The first-order chi connectivity index (χ1) is 20.8. The number of thioether (sulfide) groups is 1. The summed E-state index contributed by atoms with van der Waals surface area (Å²) in [4.78, 5) is 30.0. The SMILES string of the molecule is O=C1c2nc(SC[C@@]34CCCN3C[C@H](F)C4)nc(N3C[C@H]4CC[C@@H](C3)N4)c2CCN1c1cc(O)cc2ccc(F)c(F)c12. The average Bonchev–Trinajstić information content (AvgIpc) is 3.63. The summed E-state index contributed by atoms with van der Waals surface area (Å²) in [6, 6.07) is 5.79. The van der Waals surface area contributed by atoms with Gasteiger partial charge in [-0.3, -0.25) is 9.69 Å². The predicted octanol–water partition coefficient (Wildman–Crippen LogP) is 4.43. The molecule has 1 aromatic heterocycles. The van der Waals surface area contributed by atoms with Gasteiger partial charge in [0.25, 0.3) is 5.91 Å². The number of alkyl halides is 1. The molecule has 5 aliphatic heterocycles. The summed E-state index contributed by atoms with van der Waals surface area (Å²) in [6.45, 7) is 3.13. The Labute approximate surface area is 251 Å². The van der Waals surface area contributed by atoms with Gasteiger partial charge in [-0.2, -0.15) is 0 Å². The molecule has 2 aromatic carbocycles. The number of benzene rings is 2. The van der Waals surface area contributed by atoms with E-state index in [0.717, 1.165) is 62.8 Å². The number of nitrogens with zero attached hydrogens (tertiary/aromatic N) is 5. The third-order valence-corrected chi connectivity index (χ3v) is 11.1. The third-order valence-electron chi connectivity index (χ3n) is 10.0. The van der Waals surface area contributed by atoms with Gasteiger partial charge < -0.3 is 20.2 Å². The number of fused-ring (bicyclic) bond motifs is 5. The van der Waals surface area contributed by atoms with E-state index >= 15 is 4.39 Å². The minimum Gasteiger partial charge on any atom is -0.508 e. The highest BCUT2D eigenvalue weighted by Gasteiger charge is 2.49. The van der Waals surface area contributed by atoms with Gasteiger partial charge in [-0.1, -0.05) is 17.8 Å². The van der Waals surface area contributed by atoms with Crippen molar-refractivity contribution in [3.05, 3.63) is 47.2 Å². The lowest BCUT2D eigenvalue weighted by atomic mass is 9.96. The maximum atomic E-state index is 15.1. The van der Waals surface area contributed by atoms with E-state index in [1.807, 2.05) is 0 Å². The van der Waals surface area contributed by atoms with Crippen molar-refractivity contribution in [2.45, 2.75) is 67.5 Å². The van der Waals surface area contributed by atoms with Gasteiger partial charge in [0.1, 0.15) is 23.4 Å². The quantitative estimate of drug-likeness (QED) is 0.325. The van der Waals surface area contributed by atoms with Crippen LogP contribution in [-0.2, 0) is 6.42 Å². The summed E-state index contributed by atoms with van der Waals surface area (Å²) in [5.41, 5.74) is 0.884. The molecule has 0 aliphatic carbocycles. The molecule has 5 aliphatic rings. The van der Waals surface area contributed by atoms with Crippen LogP contribution in [0.3, 0.4) is 0 Å². The van der Waals surface area contributed by atoms with Crippen LogP contribution in [0.15, 0.2) is 29.4 Å². The van der Waals surface area contributed by atoms with Crippen LogP contribution in [-0.4, -0.2) is 88.2 Å². The smallest absolute Gasteiger partial charge is 0.277 e. The number of hydrogen-bond donors (Lipinski definition) is 2. The van der Waals surface area contributed by atoms with E-state index in [1.54, 1.807) is 0 Å². The number of carbonyl (C=O) groups excluding carboxylic acids is 1. The van der Waals surface area contributed by atoms with E-state index in [-0.39, 0.29) is 34.6 Å². The van der Waals surface area contributed by atoms with Crippen LogP contribution in [0.1, 0.15) is 48.2 Å². The Morgan fingerprint density at radius 2 is 1.91 bits per heavy atom. The number of amides is 1. The molecule has 0 unspecified atom stereocenters. The van der Waals surface area contributed by atoms with Crippen molar-refractivity contribution in [3.8, 4) is 5.75 Å². The molecule has 1 amide bonds. The topological polar surface area (TPSA) is 84.8 Å². The zero-order chi connectivity index (χ0) is 29.5. The van der Waals surface area contributed by atoms with Crippen LogP contribution < -0.4 is 15.1 Å². The number of nitrogens with one attached hydrogen (secondary N) is 1. The molecule has 2 N–H and O–H groups in total. The molecule has 8 nitrogen and oxygen atoms in total. The Bertz CT molecular complexity index is 1630. The van der Waals surface area contributed by atoms with E-state index in [2.05, 4.69) is 15.1 Å². The minimum absolute atomic E-state index is 0.0559. The zero-order valence-electron chi connectivity index (χ0n) is 23.7. The van der Waals surface area contributed by atoms with Gasteiger partial charge in [0.2, 0.25) is 0 Å². The summed E-state index contributed by atoms with van der Waals surface area (Å²) in [5, 5.41) is 14.8. The van der Waals surface area contributed by atoms with Crippen LogP contribution >= 0.6 is 11.8 Å². The summed E-state index contributed by atoms with van der Waals surface area (Å²) in [7, 11) is 0. The molecule has 3 aromatic rings. The summed E-state index contributed by atoms with van der Waals surface area (Å²) < 4.78 is 43.9. The largest absolute Gasteiger partial charge is 0.508 e. The van der Waals surface area contributed by atoms with E-state index < -0.39 is 23.7 Å². The Hall–Kier alpha value is -3.09. The van der Waals surface area contributed by atoms with Crippen LogP contribution in [0.2, 0.25) is 0 Å². The Morgan fingerprint density at radius 3 is 2.72 bits per heavy atom. The van der Waals surface area contributed by atoms with Gasteiger partial charge >= 0.3 is 0 Å². The summed E-state index contributed by atoms with van der Waals surface area (Å²) >= 11 is 1.47. The number of phenolic OH excluding ortho intramolecular Hbond substituents is 1. The molecule has 2 bridgehead atoms. The van der Waals surface area contributed by atoms with Crippen molar-refractivity contribution >= 4 is 39.9 Å². The second kappa shape index (κ2) is 10.2. The lowest BCUT2D eigenvalue weighted by Crippen LogP contribution is -2.52. The molecule has 4 saturated heterocycles. The van der Waals surface area contributed by atoms with Crippen molar-refractivity contribution in [2.75, 3.05) is 48.3 Å². The molecule has 4 atom stereocenters. The summed E-state index contributed by atoms with van der Waals surface area (Å²) in [6.07, 6.45) is 4.24. The normalized spacial score (nSPS) is 28.6. The first-order valence-electron chi connectivity index (χ1n) is 15.1. The predicted molar refractivity (Wildman–Crippen MR) is 159 cm³/mol. The Morgan fingerprint density at radius 1 is 1.09 bits per heavy atom. The highest BCUT2D eigenvalue weighted by molar-refractivity contribution is 7.99. The van der Waals surface area contributed by atoms with E-state index in [1.165, 1.54) is 34.9 Å². The number of aromatic hydroxyl groups is 1. The number of hydrogen-bond acceptors (Lipinski definition) is 8. The Kier molecular flexibility index (Phi) is 6.54. The number of halogens is 3. The molecule has 12 heteroatoms. The molecule has 0 spiro atoms. The van der Waals surface area contributed by atoms with Gasteiger partial charge in [-0.05, 0) is 62.6 Å². The van der Waals surface area contributed by atoms with Gasteiger partial charge in [0, 0.05) is 66.6 Å². The van der Waals surface area contributed by atoms with E-state index in [4.69, 9.17) is 9.97 Å². The first kappa shape index (κ1) is 27.5. The van der Waals surface area contributed by atoms with Gasteiger partial charge in [-0.25, -0.2) is 23.1 Å². The van der Waals surface area contributed by atoms with Crippen molar-refractivity contribution in [1.82, 2.24) is 20.2 Å². The molecule has 0 radical (unpaired) electrons. The molecule has 43 heavy (non-hydrogen) atoms. The first-order valence-corrected chi connectivity index (χ1v) is 16.1. The zero-order valence-corrected chi connectivity index (χ0v) is 24.5. The lowest BCUT2D eigenvalue weighted by molar-refractivity contribution is 0.0974. The van der Waals surface area contributed by atoms with Crippen molar-refractivity contribution in [3.63, 3.8) is 0 Å². The van der Waals surface area contributed by atoms with Crippen molar-refractivity contribution in [1.29, 1.82) is 0 Å². The molecule has 8 rings (SSSR count). The molecule has 4 fully saturated rings. The van der Waals surface area contributed by atoms with Crippen LogP contribution in [0.5, 0.6) is 5.75 Å². The molecular formula is C31H33F3N6O2S. The lowest BCUT2D eigenvalue weighted by Gasteiger charge is -2.37. The summed E-state index contributed by atoms with van der Waals surface area (Å²) in [5.74, 6) is -1.28. The molecule has 6 heterocycles. The second-order valence-corrected chi connectivity index (χ2v) is 13.6. The average molecular weight is 611 g/mol. The van der Waals surface area contributed by atoms with Gasteiger partial charge in [-0.15, -0.1) is 0 Å². The highest BCUT2D eigenvalue weighted by atomic mass is 32.2. The van der Waals surface area contributed by atoms with Crippen molar-refractivity contribution < 1.29 is 23.1 Å². The maximum Gasteiger partial charge on any atom is 0.277 e.